The van der Waals surface area contributed by atoms with E-state index in [-0.39, 0.29) is 12.0 Å². The van der Waals surface area contributed by atoms with Gasteiger partial charge >= 0.3 is 0 Å². The third kappa shape index (κ3) is 4.19. The van der Waals surface area contributed by atoms with E-state index in [1.165, 1.54) is 25.0 Å². The van der Waals surface area contributed by atoms with E-state index in [0.717, 1.165) is 72.8 Å². The van der Waals surface area contributed by atoms with Crippen LogP contribution in [-0.2, 0) is 4.74 Å². The van der Waals surface area contributed by atoms with Crippen LogP contribution in [0.15, 0.2) is 36.0 Å². The molecular formula is C24H29FN4OS. The third-order valence-corrected chi connectivity index (χ3v) is 7.47. The Balaban J connectivity index is 1.38. The van der Waals surface area contributed by atoms with Gasteiger partial charge in [0.1, 0.15) is 29.0 Å². The molecule has 31 heavy (non-hydrogen) atoms. The van der Waals surface area contributed by atoms with Gasteiger partial charge in [-0.2, -0.15) is 0 Å². The summed E-state index contributed by atoms with van der Waals surface area (Å²) in [5, 5.41) is 3.19. The van der Waals surface area contributed by atoms with Gasteiger partial charge < -0.3 is 9.64 Å². The quantitative estimate of drug-likeness (QED) is 0.529. The molecule has 0 N–H and O–H groups in total. The molecule has 4 heterocycles. The minimum Gasteiger partial charge on any atom is -0.363 e. The van der Waals surface area contributed by atoms with Crippen molar-refractivity contribution in [1.82, 2.24) is 14.9 Å². The number of anilines is 1. The standard InChI is InChI=1S/C24H29FN4OS/c1-2-30-24(29-11-3-4-12-29)18-9-13-28(14-10-18)22-21-20(15-31-23(21)27-16-26-22)17-5-7-19(25)8-6-17/h5-8,15-16,18,24H,2-4,9-14H2,1H3. The van der Waals surface area contributed by atoms with Gasteiger partial charge in [0.25, 0.3) is 0 Å². The minimum absolute atomic E-state index is 0.219. The van der Waals surface area contributed by atoms with Crippen molar-refractivity contribution in [2.45, 2.75) is 38.8 Å². The lowest BCUT2D eigenvalue weighted by Crippen LogP contribution is -2.46. The third-order valence-electron chi connectivity index (χ3n) is 6.59. The summed E-state index contributed by atoms with van der Waals surface area (Å²) in [5.74, 6) is 1.34. The van der Waals surface area contributed by atoms with Crippen LogP contribution in [0.5, 0.6) is 0 Å². The molecule has 0 aliphatic carbocycles. The van der Waals surface area contributed by atoms with Crippen molar-refractivity contribution < 1.29 is 9.13 Å². The van der Waals surface area contributed by atoms with Gasteiger partial charge in [-0.25, -0.2) is 14.4 Å². The highest BCUT2D eigenvalue weighted by atomic mass is 32.1. The number of aromatic nitrogens is 2. The average molecular weight is 441 g/mol. The number of likely N-dealkylation sites (tertiary alicyclic amines) is 1. The SMILES string of the molecule is CCOC(C1CCN(c2ncnc3scc(-c4ccc(F)cc4)c23)CC1)N1CCCC1. The monoisotopic (exact) mass is 440 g/mol. The molecule has 3 aromatic rings. The van der Waals surface area contributed by atoms with Crippen LogP contribution in [-0.4, -0.2) is 53.9 Å². The van der Waals surface area contributed by atoms with Crippen LogP contribution in [0.4, 0.5) is 10.2 Å². The Kier molecular flexibility index (Phi) is 6.16. The Hall–Kier alpha value is -2.09. The van der Waals surface area contributed by atoms with Gasteiger partial charge in [-0.05, 0) is 50.3 Å². The van der Waals surface area contributed by atoms with E-state index in [4.69, 9.17) is 9.72 Å². The van der Waals surface area contributed by atoms with Gasteiger partial charge in [-0.3, -0.25) is 4.90 Å². The van der Waals surface area contributed by atoms with Gasteiger partial charge in [0, 0.05) is 49.6 Å². The van der Waals surface area contributed by atoms with Crippen LogP contribution in [0.1, 0.15) is 32.6 Å². The summed E-state index contributed by atoms with van der Waals surface area (Å²) in [6.45, 7) is 7.12. The fourth-order valence-corrected chi connectivity index (χ4v) is 5.95. The Morgan fingerprint density at radius 2 is 1.84 bits per heavy atom. The Labute approximate surface area is 186 Å². The number of halogens is 1. The van der Waals surface area contributed by atoms with E-state index in [1.54, 1.807) is 17.7 Å². The maximum absolute atomic E-state index is 13.4. The van der Waals surface area contributed by atoms with Crippen LogP contribution in [0.3, 0.4) is 0 Å². The van der Waals surface area contributed by atoms with Crippen molar-refractivity contribution in [2.24, 2.45) is 5.92 Å². The molecule has 0 spiro atoms. The summed E-state index contributed by atoms with van der Waals surface area (Å²) in [6.07, 6.45) is 6.68. The molecule has 0 saturated carbocycles. The largest absolute Gasteiger partial charge is 0.363 e. The lowest BCUT2D eigenvalue weighted by atomic mass is 9.93. The van der Waals surface area contributed by atoms with Crippen molar-refractivity contribution in [3.63, 3.8) is 0 Å². The predicted octanol–water partition coefficient (Wildman–Crippen LogP) is 5.17. The smallest absolute Gasteiger partial charge is 0.141 e. The number of hydrogen-bond acceptors (Lipinski definition) is 6. The molecule has 1 atom stereocenters. The Morgan fingerprint density at radius 1 is 1.10 bits per heavy atom. The Bertz CT molecular complexity index is 1010. The van der Waals surface area contributed by atoms with Gasteiger partial charge in [-0.1, -0.05) is 12.1 Å². The molecule has 2 aliphatic heterocycles. The zero-order valence-corrected chi connectivity index (χ0v) is 18.8. The molecule has 164 valence electrons. The van der Waals surface area contributed by atoms with Crippen LogP contribution < -0.4 is 4.90 Å². The summed E-state index contributed by atoms with van der Waals surface area (Å²) in [6, 6.07) is 6.70. The molecule has 2 saturated heterocycles. The highest BCUT2D eigenvalue weighted by molar-refractivity contribution is 7.17. The number of benzene rings is 1. The van der Waals surface area contributed by atoms with Crippen molar-refractivity contribution in [2.75, 3.05) is 37.7 Å². The van der Waals surface area contributed by atoms with Crippen molar-refractivity contribution >= 4 is 27.4 Å². The Morgan fingerprint density at radius 3 is 2.55 bits per heavy atom. The van der Waals surface area contributed by atoms with E-state index >= 15 is 0 Å². The minimum atomic E-state index is -0.219. The highest BCUT2D eigenvalue weighted by Crippen LogP contribution is 2.39. The summed E-state index contributed by atoms with van der Waals surface area (Å²) >= 11 is 1.62. The van der Waals surface area contributed by atoms with Gasteiger partial charge in [-0.15, -0.1) is 11.3 Å². The van der Waals surface area contributed by atoms with E-state index in [1.807, 2.05) is 12.1 Å². The predicted molar refractivity (Wildman–Crippen MR) is 124 cm³/mol. The second-order valence-corrected chi connectivity index (χ2v) is 9.31. The molecule has 2 fully saturated rings. The molecule has 0 amide bonds. The summed E-state index contributed by atoms with van der Waals surface area (Å²) in [7, 11) is 0. The normalized spacial score (nSPS) is 19.4. The number of nitrogens with zero attached hydrogens (tertiary/aromatic N) is 4. The molecule has 2 aromatic heterocycles. The molecule has 1 unspecified atom stereocenters. The van der Waals surface area contributed by atoms with Crippen LogP contribution in [0, 0.1) is 11.7 Å². The first-order chi connectivity index (χ1) is 15.2. The van der Waals surface area contributed by atoms with Crippen molar-refractivity contribution in [3.8, 4) is 11.1 Å². The van der Waals surface area contributed by atoms with E-state index in [9.17, 15) is 4.39 Å². The van der Waals surface area contributed by atoms with E-state index in [0.29, 0.717) is 5.92 Å². The zero-order chi connectivity index (χ0) is 21.2. The van der Waals surface area contributed by atoms with Crippen LogP contribution in [0.25, 0.3) is 21.3 Å². The lowest BCUT2D eigenvalue weighted by molar-refractivity contribution is -0.0858. The fourth-order valence-electron chi connectivity index (χ4n) is 5.04. The maximum Gasteiger partial charge on any atom is 0.141 e. The summed E-state index contributed by atoms with van der Waals surface area (Å²) in [4.78, 5) is 15.1. The van der Waals surface area contributed by atoms with Gasteiger partial charge in [0.05, 0.1) is 5.39 Å². The van der Waals surface area contributed by atoms with Gasteiger partial charge in [0.2, 0.25) is 0 Å². The maximum atomic E-state index is 13.4. The first-order valence-corrected chi connectivity index (χ1v) is 12.2. The van der Waals surface area contributed by atoms with E-state index < -0.39 is 0 Å². The number of hydrogen-bond donors (Lipinski definition) is 0. The summed E-state index contributed by atoms with van der Waals surface area (Å²) < 4.78 is 19.6. The molecule has 7 heteroatoms. The molecule has 5 rings (SSSR count). The zero-order valence-electron chi connectivity index (χ0n) is 18.0. The molecule has 0 bridgehead atoms. The number of rotatable bonds is 6. The fraction of sp³-hybridized carbons (Fsp3) is 0.500. The lowest BCUT2D eigenvalue weighted by Gasteiger charge is -2.40. The van der Waals surface area contributed by atoms with Gasteiger partial charge in [0.15, 0.2) is 0 Å². The molecular weight excluding hydrogens is 411 g/mol. The molecule has 5 nitrogen and oxygen atoms in total. The first-order valence-electron chi connectivity index (χ1n) is 11.3. The number of piperidine rings is 1. The molecule has 2 aliphatic rings. The topological polar surface area (TPSA) is 41.5 Å². The van der Waals surface area contributed by atoms with Crippen molar-refractivity contribution in [1.29, 1.82) is 0 Å². The second-order valence-electron chi connectivity index (χ2n) is 8.45. The van der Waals surface area contributed by atoms with Crippen LogP contribution >= 0.6 is 11.3 Å². The molecule has 1 aromatic carbocycles. The number of thiophene rings is 1. The number of ether oxygens (including phenoxy) is 1. The second kappa shape index (κ2) is 9.18. The first kappa shape index (κ1) is 20.8. The average Bonchev–Trinajstić information content (AvgIpc) is 3.48. The highest BCUT2D eigenvalue weighted by Gasteiger charge is 2.33. The number of fused-ring (bicyclic) bond motifs is 1. The molecule has 0 radical (unpaired) electrons. The van der Waals surface area contributed by atoms with E-state index in [2.05, 4.69) is 27.1 Å². The van der Waals surface area contributed by atoms with Crippen molar-refractivity contribution in [3.05, 3.63) is 41.8 Å². The summed E-state index contributed by atoms with van der Waals surface area (Å²) in [5.41, 5.74) is 2.09. The van der Waals surface area contributed by atoms with Crippen LogP contribution in [0.2, 0.25) is 0 Å².